The molecule has 1 N–H and O–H groups in total. The Morgan fingerprint density at radius 2 is 1.92 bits per heavy atom. The third-order valence-corrected chi connectivity index (χ3v) is 4.53. The number of alkyl halides is 3. The number of rotatable bonds is 3. The van der Waals surface area contributed by atoms with Gasteiger partial charge < -0.3 is 5.32 Å². The molecule has 1 amide bonds. The zero-order valence-corrected chi connectivity index (χ0v) is 13.4. The zero-order chi connectivity index (χ0) is 18.1. The molecular weight excluding hydrogens is 323 g/mol. The van der Waals surface area contributed by atoms with Crippen LogP contribution in [0, 0.1) is 6.92 Å². The highest BCUT2D eigenvalue weighted by atomic mass is 19.4. The van der Waals surface area contributed by atoms with Gasteiger partial charge in [0, 0.05) is 18.5 Å². The average molecular weight is 341 g/mol. The number of aryl methyl sites for hydroxylation is 1. The summed E-state index contributed by atoms with van der Waals surface area (Å²) in [6, 6.07) is 4.56. The number of amides is 1. The average Bonchev–Trinajstić information content (AvgIpc) is 2.48. The Kier molecular flexibility index (Phi) is 4.82. The topological polar surface area (TPSA) is 63.2 Å². The molecule has 1 aromatic rings. The van der Waals surface area contributed by atoms with Crippen molar-refractivity contribution in [3.8, 4) is 0 Å². The molecule has 1 atom stereocenters. The molecule has 0 spiro atoms. The Labute approximate surface area is 137 Å². The van der Waals surface area contributed by atoms with Crippen molar-refractivity contribution in [1.82, 2.24) is 0 Å². The van der Waals surface area contributed by atoms with Gasteiger partial charge in [-0.3, -0.25) is 14.4 Å². The summed E-state index contributed by atoms with van der Waals surface area (Å²) in [5.41, 5.74) is -0.127. The van der Waals surface area contributed by atoms with Crippen LogP contribution >= 0.6 is 0 Å². The van der Waals surface area contributed by atoms with Crippen molar-refractivity contribution in [1.29, 1.82) is 0 Å². The molecule has 1 aliphatic carbocycles. The lowest BCUT2D eigenvalue weighted by atomic mass is 9.66. The van der Waals surface area contributed by atoms with E-state index in [1.165, 1.54) is 13.0 Å². The molecule has 0 bridgehead atoms. The Balaban J connectivity index is 2.44. The Bertz CT molecular complexity index is 697. The van der Waals surface area contributed by atoms with Crippen LogP contribution in [0.4, 0.5) is 18.9 Å². The molecule has 1 saturated carbocycles. The van der Waals surface area contributed by atoms with Gasteiger partial charge in [0.05, 0.1) is 5.41 Å². The van der Waals surface area contributed by atoms with Crippen LogP contribution in [0.3, 0.4) is 0 Å². The van der Waals surface area contributed by atoms with E-state index in [1.54, 1.807) is 19.1 Å². The highest BCUT2D eigenvalue weighted by Gasteiger charge is 2.42. The lowest BCUT2D eigenvalue weighted by Crippen LogP contribution is -2.39. The van der Waals surface area contributed by atoms with Gasteiger partial charge in [0.15, 0.2) is 0 Å². The molecule has 1 fully saturated rings. The second kappa shape index (κ2) is 6.37. The monoisotopic (exact) mass is 341 g/mol. The molecule has 1 aromatic carbocycles. The zero-order valence-electron chi connectivity index (χ0n) is 13.4. The molecular formula is C17H18F3NO3. The third-order valence-electron chi connectivity index (χ3n) is 4.53. The van der Waals surface area contributed by atoms with Crippen LogP contribution in [-0.2, 0) is 19.8 Å². The molecule has 7 heteroatoms. The fourth-order valence-electron chi connectivity index (χ4n) is 3.10. The second-order valence-corrected chi connectivity index (χ2v) is 6.19. The molecule has 0 unspecified atom stereocenters. The predicted octanol–water partition coefficient (Wildman–Crippen LogP) is 3.47. The van der Waals surface area contributed by atoms with E-state index in [2.05, 4.69) is 0 Å². The number of nitrogens with one attached hydrogen (secondary N) is 1. The highest BCUT2D eigenvalue weighted by molar-refractivity contribution is 5.97. The lowest BCUT2D eigenvalue weighted by molar-refractivity contribution is -0.167. The quantitative estimate of drug-likeness (QED) is 0.916. The number of anilines is 1. The van der Waals surface area contributed by atoms with Gasteiger partial charge in [-0.2, -0.15) is 13.2 Å². The summed E-state index contributed by atoms with van der Waals surface area (Å²) >= 11 is 0. The minimum Gasteiger partial charge on any atom is -0.318 e. The number of hydrogen-bond acceptors (Lipinski definition) is 3. The van der Waals surface area contributed by atoms with Crippen molar-refractivity contribution in [2.24, 2.45) is 0 Å². The van der Waals surface area contributed by atoms with Gasteiger partial charge >= 0.3 is 12.1 Å². The van der Waals surface area contributed by atoms with Crippen molar-refractivity contribution in [2.45, 2.75) is 51.1 Å². The SMILES string of the molecule is CC(=O)[C@@]1(c2ccc(C)c(NC(=O)C(F)(F)F)c2)CCCC(=O)C1. The minimum absolute atomic E-state index is 0.00604. The number of hydrogen-bond donors (Lipinski definition) is 1. The number of halogens is 3. The summed E-state index contributed by atoms with van der Waals surface area (Å²) in [7, 11) is 0. The molecule has 0 aromatic heterocycles. The van der Waals surface area contributed by atoms with E-state index in [4.69, 9.17) is 0 Å². The largest absolute Gasteiger partial charge is 0.471 e. The predicted molar refractivity (Wildman–Crippen MR) is 81.7 cm³/mol. The fraction of sp³-hybridized carbons (Fsp3) is 0.471. The van der Waals surface area contributed by atoms with Crippen LogP contribution in [0.2, 0.25) is 0 Å². The van der Waals surface area contributed by atoms with E-state index in [1.807, 2.05) is 5.32 Å². The van der Waals surface area contributed by atoms with Gasteiger partial charge in [-0.15, -0.1) is 0 Å². The maximum atomic E-state index is 12.5. The van der Waals surface area contributed by atoms with E-state index >= 15 is 0 Å². The van der Waals surface area contributed by atoms with Crippen LogP contribution in [0.5, 0.6) is 0 Å². The summed E-state index contributed by atoms with van der Waals surface area (Å²) in [6.07, 6.45) is -3.54. The van der Waals surface area contributed by atoms with Gasteiger partial charge in [-0.25, -0.2) is 0 Å². The van der Waals surface area contributed by atoms with Gasteiger partial charge in [0.1, 0.15) is 11.6 Å². The van der Waals surface area contributed by atoms with Crippen LogP contribution in [0.25, 0.3) is 0 Å². The summed E-state index contributed by atoms with van der Waals surface area (Å²) in [5, 5.41) is 1.84. The molecule has 130 valence electrons. The van der Waals surface area contributed by atoms with E-state index in [0.717, 1.165) is 0 Å². The van der Waals surface area contributed by atoms with Gasteiger partial charge in [-0.05, 0) is 43.9 Å². The first-order valence-electron chi connectivity index (χ1n) is 7.58. The second-order valence-electron chi connectivity index (χ2n) is 6.19. The number of ketones is 2. The van der Waals surface area contributed by atoms with E-state index < -0.39 is 17.5 Å². The first-order chi connectivity index (χ1) is 11.1. The number of Topliss-reactive ketones (excluding diaryl/α,β-unsaturated/α-hetero) is 2. The van der Waals surface area contributed by atoms with Crippen LogP contribution in [-0.4, -0.2) is 23.6 Å². The molecule has 0 heterocycles. The number of carbonyl (C=O) groups excluding carboxylic acids is 3. The molecule has 0 saturated heterocycles. The van der Waals surface area contributed by atoms with Crippen LogP contribution in [0.1, 0.15) is 43.7 Å². The first kappa shape index (κ1) is 18.2. The smallest absolute Gasteiger partial charge is 0.318 e. The number of benzene rings is 1. The molecule has 1 aliphatic rings. The standard InChI is InChI=1S/C17H18F3NO3/c1-10-5-6-12(8-14(10)21-15(24)17(18,19)20)16(11(2)22)7-3-4-13(23)9-16/h5-6,8H,3-4,7,9H2,1-2H3,(H,21,24)/t16-/m1/s1. The minimum atomic E-state index is -5.00. The first-order valence-corrected chi connectivity index (χ1v) is 7.58. The maximum absolute atomic E-state index is 12.5. The van der Waals surface area contributed by atoms with Crippen molar-refractivity contribution >= 4 is 23.2 Å². The Hall–Kier alpha value is -2.18. The van der Waals surface area contributed by atoms with Crippen molar-refractivity contribution < 1.29 is 27.6 Å². The molecule has 0 radical (unpaired) electrons. The Morgan fingerprint density at radius 3 is 2.46 bits per heavy atom. The van der Waals surface area contributed by atoms with Crippen LogP contribution in [0.15, 0.2) is 18.2 Å². The van der Waals surface area contributed by atoms with Gasteiger partial charge in [0.25, 0.3) is 0 Å². The summed E-state index contributed by atoms with van der Waals surface area (Å²) < 4.78 is 37.4. The molecule has 2 rings (SSSR count). The lowest BCUT2D eigenvalue weighted by Gasteiger charge is -2.35. The van der Waals surface area contributed by atoms with Crippen molar-refractivity contribution in [3.63, 3.8) is 0 Å². The van der Waals surface area contributed by atoms with Crippen molar-refractivity contribution in [2.75, 3.05) is 5.32 Å². The highest BCUT2D eigenvalue weighted by Crippen LogP contribution is 2.40. The van der Waals surface area contributed by atoms with E-state index in [9.17, 15) is 27.6 Å². The van der Waals surface area contributed by atoms with E-state index in [0.29, 0.717) is 30.4 Å². The van der Waals surface area contributed by atoms with E-state index in [-0.39, 0.29) is 23.7 Å². The van der Waals surface area contributed by atoms with Gasteiger partial charge in [0.2, 0.25) is 0 Å². The normalized spacial score (nSPS) is 21.5. The Morgan fingerprint density at radius 1 is 1.25 bits per heavy atom. The fourth-order valence-corrected chi connectivity index (χ4v) is 3.10. The third kappa shape index (κ3) is 3.49. The summed E-state index contributed by atoms with van der Waals surface area (Å²) in [6.45, 7) is 2.94. The summed E-state index contributed by atoms with van der Waals surface area (Å²) in [4.78, 5) is 35.3. The molecule has 0 aliphatic heterocycles. The molecule has 4 nitrogen and oxygen atoms in total. The maximum Gasteiger partial charge on any atom is 0.471 e. The van der Waals surface area contributed by atoms with Crippen LogP contribution < -0.4 is 5.32 Å². The van der Waals surface area contributed by atoms with Crippen molar-refractivity contribution in [3.05, 3.63) is 29.3 Å². The molecule has 24 heavy (non-hydrogen) atoms. The van der Waals surface area contributed by atoms with Gasteiger partial charge in [-0.1, -0.05) is 12.1 Å². The number of carbonyl (C=O) groups is 3. The summed E-state index contributed by atoms with van der Waals surface area (Å²) in [5.74, 6) is -2.32.